The molecule has 0 unspecified atom stereocenters. The average molecular weight is 521 g/mol. The van der Waals surface area contributed by atoms with Crippen molar-refractivity contribution in [2.24, 2.45) is 0 Å². The van der Waals surface area contributed by atoms with Gasteiger partial charge in [-0.05, 0) is 70.4 Å². The van der Waals surface area contributed by atoms with Crippen LogP contribution in [0.4, 0.5) is 5.69 Å². The fourth-order valence-electron chi connectivity index (χ4n) is 3.05. The lowest BCUT2D eigenvalue weighted by Gasteiger charge is -2.14. The molecule has 3 rings (SSSR count). The Bertz CT molecular complexity index is 1290. The SMILES string of the molecule is COc1cc(/C=C(/C#N)C(=O)Nc2cccc(C(=O)O)c2)cc(Br)c1OCc1ccc(C)cc1. The van der Waals surface area contributed by atoms with Crippen molar-refractivity contribution < 1.29 is 24.2 Å². The van der Waals surface area contributed by atoms with E-state index >= 15 is 0 Å². The number of carboxylic acids is 1. The first-order valence-electron chi connectivity index (χ1n) is 10.1. The molecule has 3 aromatic carbocycles. The first-order valence-corrected chi connectivity index (χ1v) is 10.9. The fraction of sp³-hybridized carbons (Fsp3) is 0.115. The van der Waals surface area contributed by atoms with Gasteiger partial charge in [-0.3, -0.25) is 4.79 Å². The number of nitrogens with one attached hydrogen (secondary N) is 1. The number of methoxy groups -OCH3 is 1. The second kappa shape index (κ2) is 11.2. The van der Waals surface area contributed by atoms with Crippen molar-refractivity contribution in [3.8, 4) is 17.6 Å². The van der Waals surface area contributed by atoms with Gasteiger partial charge < -0.3 is 19.9 Å². The van der Waals surface area contributed by atoms with E-state index in [-0.39, 0.29) is 16.8 Å². The van der Waals surface area contributed by atoms with Crippen molar-refractivity contribution in [2.45, 2.75) is 13.5 Å². The van der Waals surface area contributed by atoms with Gasteiger partial charge >= 0.3 is 5.97 Å². The molecule has 8 heteroatoms. The summed E-state index contributed by atoms with van der Waals surface area (Å²) in [5.41, 5.74) is 2.82. The monoisotopic (exact) mass is 520 g/mol. The van der Waals surface area contributed by atoms with Crippen LogP contribution in [0.3, 0.4) is 0 Å². The molecule has 0 bridgehead atoms. The maximum absolute atomic E-state index is 12.6. The number of carbonyl (C=O) groups is 2. The van der Waals surface area contributed by atoms with Crippen molar-refractivity contribution >= 4 is 39.6 Å². The topological polar surface area (TPSA) is 109 Å². The summed E-state index contributed by atoms with van der Waals surface area (Å²) in [6.45, 7) is 2.35. The van der Waals surface area contributed by atoms with Gasteiger partial charge in [0.2, 0.25) is 0 Å². The number of hydrogen-bond donors (Lipinski definition) is 2. The van der Waals surface area contributed by atoms with Gasteiger partial charge in [0, 0.05) is 5.69 Å². The van der Waals surface area contributed by atoms with Gasteiger partial charge in [0.25, 0.3) is 5.91 Å². The molecular weight excluding hydrogens is 500 g/mol. The normalized spacial score (nSPS) is 10.8. The van der Waals surface area contributed by atoms with Gasteiger partial charge in [-0.25, -0.2) is 4.79 Å². The highest BCUT2D eigenvalue weighted by atomic mass is 79.9. The second-order valence-electron chi connectivity index (χ2n) is 7.32. The third-order valence-electron chi connectivity index (χ3n) is 4.80. The second-order valence-corrected chi connectivity index (χ2v) is 8.17. The highest BCUT2D eigenvalue weighted by Gasteiger charge is 2.15. The van der Waals surface area contributed by atoms with Crippen LogP contribution in [0.1, 0.15) is 27.0 Å². The number of anilines is 1. The van der Waals surface area contributed by atoms with E-state index in [2.05, 4.69) is 21.2 Å². The van der Waals surface area contributed by atoms with Crippen LogP contribution < -0.4 is 14.8 Å². The molecule has 1 amide bonds. The number of amides is 1. The van der Waals surface area contributed by atoms with E-state index in [4.69, 9.17) is 14.6 Å². The summed E-state index contributed by atoms with van der Waals surface area (Å²) >= 11 is 3.47. The molecule has 0 saturated heterocycles. The Kier molecular flexibility index (Phi) is 8.06. The Morgan fingerprint density at radius 2 is 1.88 bits per heavy atom. The molecule has 0 saturated carbocycles. The minimum Gasteiger partial charge on any atom is -0.493 e. The fourth-order valence-corrected chi connectivity index (χ4v) is 3.62. The van der Waals surface area contributed by atoms with Gasteiger partial charge in [0.15, 0.2) is 11.5 Å². The highest BCUT2D eigenvalue weighted by Crippen LogP contribution is 2.37. The Hall–Kier alpha value is -4.09. The molecule has 0 atom stereocenters. The van der Waals surface area contributed by atoms with E-state index in [9.17, 15) is 14.9 Å². The largest absolute Gasteiger partial charge is 0.493 e. The summed E-state index contributed by atoms with van der Waals surface area (Å²) in [5, 5.41) is 21.2. The third-order valence-corrected chi connectivity index (χ3v) is 5.39. The number of nitrogens with zero attached hydrogens (tertiary/aromatic N) is 1. The van der Waals surface area contributed by atoms with Crippen LogP contribution in [0.2, 0.25) is 0 Å². The minimum atomic E-state index is -1.12. The molecule has 2 N–H and O–H groups in total. The number of nitriles is 1. The van der Waals surface area contributed by atoms with Crippen LogP contribution in [0.5, 0.6) is 11.5 Å². The predicted molar refractivity (Wildman–Crippen MR) is 132 cm³/mol. The Morgan fingerprint density at radius 1 is 1.15 bits per heavy atom. The van der Waals surface area contributed by atoms with Crippen molar-refractivity contribution in [1.82, 2.24) is 0 Å². The van der Waals surface area contributed by atoms with Crippen LogP contribution in [0, 0.1) is 18.3 Å². The first-order chi connectivity index (χ1) is 16.3. The van der Waals surface area contributed by atoms with E-state index in [1.54, 1.807) is 18.2 Å². The standard InChI is InChI=1S/C26H21BrN2O5/c1-16-6-8-17(9-7-16)15-34-24-22(27)11-18(12-23(24)33-2)10-20(14-28)25(30)29-21-5-3-4-19(13-21)26(31)32/h3-13H,15H2,1-2H3,(H,29,30)(H,31,32)/b20-10-. The van der Waals surface area contributed by atoms with E-state index in [0.717, 1.165) is 11.1 Å². The molecule has 0 radical (unpaired) electrons. The molecule has 0 aliphatic carbocycles. The van der Waals surface area contributed by atoms with E-state index in [0.29, 0.717) is 28.1 Å². The van der Waals surface area contributed by atoms with E-state index in [1.165, 1.54) is 31.4 Å². The summed E-state index contributed by atoms with van der Waals surface area (Å²) in [7, 11) is 1.50. The molecule has 0 heterocycles. The molecule has 34 heavy (non-hydrogen) atoms. The molecular formula is C26H21BrN2O5. The maximum atomic E-state index is 12.6. The zero-order valence-electron chi connectivity index (χ0n) is 18.5. The minimum absolute atomic E-state index is 0.0233. The molecule has 0 fully saturated rings. The summed E-state index contributed by atoms with van der Waals surface area (Å²) in [6, 6.07) is 19.0. The lowest BCUT2D eigenvalue weighted by atomic mass is 10.1. The Labute approximate surface area is 205 Å². The number of carboxylic acid groups (broad SMARTS) is 1. The number of hydrogen-bond acceptors (Lipinski definition) is 5. The molecule has 7 nitrogen and oxygen atoms in total. The van der Waals surface area contributed by atoms with Gasteiger partial charge in [-0.2, -0.15) is 5.26 Å². The van der Waals surface area contributed by atoms with E-state index < -0.39 is 11.9 Å². The van der Waals surface area contributed by atoms with Crippen LogP contribution in [0.25, 0.3) is 6.08 Å². The molecule has 172 valence electrons. The van der Waals surface area contributed by atoms with Crippen LogP contribution in [-0.4, -0.2) is 24.1 Å². The maximum Gasteiger partial charge on any atom is 0.335 e. The number of aromatic carboxylic acids is 1. The van der Waals surface area contributed by atoms with Gasteiger partial charge in [0.1, 0.15) is 18.2 Å². The smallest absolute Gasteiger partial charge is 0.335 e. The highest BCUT2D eigenvalue weighted by molar-refractivity contribution is 9.10. The number of carbonyl (C=O) groups excluding carboxylic acids is 1. The Morgan fingerprint density at radius 3 is 2.53 bits per heavy atom. The summed E-state index contributed by atoms with van der Waals surface area (Å²) in [4.78, 5) is 23.7. The molecule has 0 aliphatic rings. The summed E-state index contributed by atoms with van der Waals surface area (Å²) in [5.74, 6) is -0.859. The van der Waals surface area contributed by atoms with Crippen molar-refractivity contribution in [3.05, 3.63) is 93.0 Å². The van der Waals surface area contributed by atoms with Crippen molar-refractivity contribution in [3.63, 3.8) is 0 Å². The molecule has 3 aromatic rings. The van der Waals surface area contributed by atoms with Crippen molar-refractivity contribution in [2.75, 3.05) is 12.4 Å². The summed E-state index contributed by atoms with van der Waals surface area (Å²) < 4.78 is 12.0. The molecule has 0 aromatic heterocycles. The quantitative estimate of drug-likeness (QED) is 0.296. The zero-order chi connectivity index (χ0) is 24.7. The first kappa shape index (κ1) is 24.6. The lowest BCUT2D eigenvalue weighted by molar-refractivity contribution is -0.112. The number of aryl methyl sites for hydroxylation is 1. The number of ether oxygens (including phenoxy) is 2. The van der Waals surface area contributed by atoms with Crippen LogP contribution >= 0.6 is 15.9 Å². The average Bonchev–Trinajstić information content (AvgIpc) is 2.82. The lowest BCUT2D eigenvalue weighted by Crippen LogP contribution is -2.14. The van der Waals surface area contributed by atoms with Crippen molar-refractivity contribution in [1.29, 1.82) is 5.26 Å². The van der Waals surface area contributed by atoms with E-state index in [1.807, 2.05) is 37.3 Å². The molecule has 0 aliphatic heterocycles. The number of rotatable bonds is 8. The zero-order valence-corrected chi connectivity index (χ0v) is 20.0. The third kappa shape index (κ3) is 6.24. The van der Waals surface area contributed by atoms with Crippen LogP contribution in [-0.2, 0) is 11.4 Å². The number of halogens is 1. The Balaban J connectivity index is 1.81. The molecule has 0 spiro atoms. The summed E-state index contributed by atoms with van der Waals surface area (Å²) in [6.07, 6.45) is 1.41. The predicted octanol–water partition coefficient (Wildman–Crippen LogP) is 5.59. The van der Waals surface area contributed by atoms with Gasteiger partial charge in [0.05, 0.1) is 17.1 Å². The number of benzene rings is 3. The van der Waals surface area contributed by atoms with Gasteiger partial charge in [-0.1, -0.05) is 35.9 Å². The van der Waals surface area contributed by atoms with Gasteiger partial charge in [-0.15, -0.1) is 0 Å². The van der Waals surface area contributed by atoms with Crippen LogP contribution in [0.15, 0.2) is 70.7 Å².